The van der Waals surface area contributed by atoms with E-state index < -0.39 is 28.5 Å². The lowest BCUT2D eigenvalue weighted by Crippen LogP contribution is -2.55. The van der Waals surface area contributed by atoms with Crippen LogP contribution in [0.25, 0.3) is 0 Å². The van der Waals surface area contributed by atoms with Crippen LogP contribution in [0.4, 0.5) is 5.69 Å². The highest BCUT2D eigenvalue weighted by atomic mass is 35.5. The topological polar surface area (TPSA) is 105 Å². The van der Waals surface area contributed by atoms with Gasteiger partial charge in [-0.2, -0.15) is 0 Å². The largest absolute Gasteiger partial charge is 0.497 e. The van der Waals surface area contributed by atoms with Gasteiger partial charge in [0.25, 0.3) is 10.0 Å². The summed E-state index contributed by atoms with van der Waals surface area (Å²) in [5, 5.41) is 3.93. The summed E-state index contributed by atoms with van der Waals surface area (Å²) in [5.74, 6) is -0.206. The summed E-state index contributed by atoms with van der Waals surface area (Å²) in [6.07, 6.45) is 5.02. The molecule has 1 N–H and O–H groups in total. The third-order valence-corrected chi connectivity index (χ3v) is 11.2. The van der Waals surface area contributed by atoms with Gasteiger partial charge in [-0.1, -0.05) is 91.0 Å². The maximum absolute atomic E-state index is 14.8. The minimum Gasteiger partial charge on any atom is -0.497 e. The molecule has 4 aromatic rings. The Balaban J connectivity index is 1.60. The Bertz CT molecular complexity index is 1870. The lowest BCUT2D eigenvalue weighted by atomic mass is 9.94. The molecule has 0 aliphatic heterocycles. The first-order valence-corrected chi connectivity index (χ1v) is 18.7. The third kappa shape index (κ3) is 9.10. The minimum atomic E-state index is -4.35. The number of anilines is 1. The van der Waals surface area contributed by atoms with Gasteiger partial charge < -0.3 is 19.7 Å². The summed E-state index contributed by atoms with van der Waals surface area (Å²) in [6.45, 7) is -0.714. The van der Waals surface area contributed by atoms with E-state index in [0.29, 0.717) is 21.4 Å². The van der Waals surface area contributed by atoms with Gasteiger partial charge in [0.1, 0.15) is 24.1 Å². The molecule has 1 saturated carbocycles. The number of nitrogens with one attached hydrogen (secondary N) is 1. The van der Waals surface area contributed by atoms with Gasteiger partial charge >= 0.3 is 0 Å². The highest BCUT2D eigenvalue weighted by molar-refractivity contribution is 7.92. The van der Waals surface area contributed by atoms with Crippen LogP contribution in [-0.2, 0) is 32.6 Å². The summed E-state index contributed by atoms with van der Waals surface area (Å²) in [6, 6.07) is 25.8. The first-order chi connectivity index (χ1) is 24.1. The first-order valence-electron chi connectivity index (χ1n) is 16.5. The summed E-state index contributed by atoms with van der Waals surface area (Å²) >= 11 is 12.9. The summed E-state index contributed by atoms with van der Waals surface area (Å²) < 4.78 is 40.6. The van der Waals surface area contributed by atoms with Gasteiger partial charge in [-0.3, -0.25) is 13.9 Å². The van der Waals surface area contributed by atoms with E-state index in [1.807, 2.05) is 30.3 Å². The Labute approximate surface area is 304 Å². The number of nitrogens with zero attached hydrogens (tertiary/aromatic N) is 2. The number of sulfonamides is 1. The minimum absolute atomic E-state index is 0.0221. The van der Waals surface area contributed by atoms with Gasteiger partial charge in [0, 0.05) is 29.1 Å². The molecule has 5 rings (SSSR count). The average Bonchev–Trinajstić information content (AvgIpc) is 3.13. The number of para-hydroxylation sites is 2. The van der Waals surface area contributed by atoms with Crippen molar-refractivity contribution in [1.29, 1.82) is 0 Å². The lowest BCUT2D eigenvalue weighted by molar-refractivity contribution is -0.140. The van der Waals surface area contributed by atoms with Gasteiger partial charge in [-0.15, -0.1) is 0 Å². The van der Waals surface area contributed by atoms with Gasteiger partial charge in [0.05, 0.1) is 24.8 Å². The van der Waals surface area contributed by atoms with Crippen molar-refractivity contribution in [1.82, 2.24) is 10.2 Å². The fraction of sp³-hybridized carbons (Fsp3) is 0.316. The van der Waals surface area contributed by atoms with E-state index in [9.17, 15) is 18.0 Å². The Morgan fingerprint density at radius 1 is 0.860 bits per heavy atom. The van der Waals surface area contributed by atoms with E-state index in [1.165, 1.54) is 43.4 Å². The number of hydrogen-bond donors (Lipinski definition) is 1. The molecule has 2 amide bonds. The van der Waals surface area contributed by atoms with Gasteiger partial charge in [0.15, 0.2) is 0 Å². The van der Waals surface area contributed by atoms with Crippen molar-refractivity contribution in [3.05, 3.63) is 118 Å². The van der Waals surface area contributed by atoms with Crippen LogP contribution in [0.5, 0.6) is 11.5 Å². The first kappa shape index (κ1) is 37.0. The zero-order chi connectivity index (χ0) is 35.7. The normalized spacial score (nSPS) is 14.0. The van der Waals surface area contributed by atoms with Gasteiger partial charge in [-0.05, 0) is 72.5 Å². The quantitative estimate of drug-likeness (QED) is 0.146. The van der Waals surface area contributed by atoms with Crippen molar-refractivity contribution >= 4 is 50.7 Å². The van der Waals surface area contributed by atoms with Crippen LogP contribution in [0.2, 0.25) is 10.0 Å². The van der Waals surface area contributed by atoms with Crippen LogP contribution in [0.15, 0.2) is 102 Å². The molecular formula is C38H41Cl2N3O6S. The zero-order valence-electron chi connectivity index (χ0n) is 28.1. The fourth-order valence-electron chi connectivity index (χ4n) is 6.16. The molecule has 1 atom stereocenters. The van der Waals surface area contributed by atoms with Crippen LogP contribution in [-0.4, -0.2) is 58.0 Å². The SMILES string of the molecule is COc1ccc(S(=O)(=O)N(CC(=O)N(Cc2ccc(Cl)cc2Cl)[C@H](Cc2ccccc2)C(=O)NC2CCCCC2)c2ccccc2OC)cc1. The molecule has 0 saturated heterocycles. The third-order valence-electron chi connectivity index (χ3n) is 8.86. The number of hydrogen-bond acceptors (Lipinski definition) is 6. The number of carbonyl (C=O) groups excluding carboxylic acids is 2. The smallest absolute Gasteiger partial charge is 0.264 e. The van der Waals surface area contributed by atoms with E-state index in [1.54, 1.807) is 42.5 Å². The molecule has 1 aliphatic rings. The number of carbonyl (C=O) groups is 2. The Kier molecular flexibility index (Phi) is 12.7. The second-order valence-electron chi connectivity index (χ2n) is 12.2. The second kappa shape index (κ2) is 17.1. The highest BCUT2D eigenvalue weighted by Crippen LogP contribution is 2.33. The lowest BCUT2D eigenvalue weighted by Gasteiger charge is -2.35. The molecule has 0 radical (unpaired) electrons. The summed E-state index contributed by atoms with van der Waals surface area (Å²) in [4.78, 5) is 30.5. The highest BCUT2D eigenvalue weighted by Gasteiger charge is 2.36. The molecule has 12 heteroatoms. The fourth-order valence-corrected chi connectivity index (χ4v) is 8.05. The summed E-state index contributed by atoms with van der Waals surface area (Å²) in [5.41, 5.74) is 1.55. The van der Waals surface area contributed by atoms with Crippen molar-refractivity contribution < 1.29 is 27.5 Å². The molecule has 4 aromatic carbocycles. The Morgan fingerprint density at radius 3 is 2.20 bits per heavy atom. The standard InChI is InChI=1S/C38H41Cl2N3O6S/c1-48-31-19-21-32(22-20-31)50(46,47)43(34-15-9-10-16-36(34)49-2)26-37(44)42(25-28-17-18-29(39)24-33(28)40)35(23-27-11-5-3-6-12-27)38(45)41-30-13-7-4-8-14-30/h3,5-6,9-12,15-22,24,30,35H,4,7-8,13-14,23,25-26H2,1-2H3,(H,41,45)/t35-/m1/s1. The average molecular weight is 739 g/mol. The van der Waals surface area contributed by atoms with E-state index in [0.717, 1.165) is 42.0 Å². The molecule has 0 unspecified atom stereocenters. The van der Waals surface area contributed by atoms with Gasteiger partial charge in [-0.25, -0.2) is 8.42 Å². The van der Waals surface area contributed by atoms with Gasteiger partial charge in [0.2, 0.25) is 11.8 Å². The van der Waals surface area contributed by atoms with Crippen molar-refractivity contribution in [2.45, 2.75) is 62.0 Å². The molecule has 1 aliphatic carbocycles. The monoisotopic (exact) mass is 737 g/mol. The maximum Gasteiger partial charge on any atom is 0.264 e. The predicted octanol–water partition coefficient (Wildman–Crippen LogP) is 7.29. The number of amides is 2. The van der Waals surface area contributed by atoms with E-state index in [4.69, 9.17) is 32.7 Å². The zero-order valence-corrected chi connectivity index (χ0v) is 30.4. The van der Waals surface area contributed by atoms with Crippen LogP contribution in [0.1, 0.15) is 43.2 Å². The molecule has 0 spiro atoms. The number of rotatable bonds is 14. The van der Waals surface area contributed by atoms with Crippen LogP contribution in [0, 0.1) is 0 Å². The molecule has 9 nitrogen and oxygen atoms in total. The number of ether oxygens (including phenoxy) is 2. The molecule has 0 bridgehead atoms. The maximum atomic E-state index is 14.8. The summed E-state index contributed by atoms with van der Waals surface area (Å²) in [7, 11) is -1.43. The van der Waals surface area contributed by atoms with E-state index >= 15 is 0 Å². The van der Waals surface area contributed by atoms with Crippen molar-refractivity contribution in [2.24, 2.45) is 0 Å². The molecule has 0 aromatic heterocycles. The number of benzene rings is 4. The van der Waals surface area contributed by atoms with Crippen LogP contribution in [0.3, 0.4) is 0 Å². The number of methoxy groups -OCH3 is 2. The molecule has 1 fully saturated rings. The van der Waals surface area contributed by atoms with E-state index in [-0.39, 0.29) is 41.2 Å². The van der Waals surface area contributed by atoms with Crippen molar-refractivity contribution in [3.63, 3.8) is 0 Å². The Hall–Kier alpha value is -4.25. The van der Waals surface area contributed by atoms with Crippen molar-refractivity contribution in [3.8, 4) is 11.5 Å². The predicted molar refractivity (Wildman–Crippen MR) is 196 cm³/mol. The molecule has 264 valence electrons. The van der Waals surface area contributed by atoms with Crippen LogP contribution >= 0.6 is 23.2 Å². The molecular weight excluding hydrogens is 697 g/mol. The van der Waals surface area contributed by atoms with E-state index in [2.05, 4.69) is 5.32 Å². The second-order valence-corrected chi connectivity index (χ2v) is 14.9. The number of halogens is 2. The Morgan fingerprint density at radius 2 is 1.54 bits per heavy atom. The molecule has 50 heavy (non-hydrogen) atoms. The van der Waals surface area contributed by atoms with Crippen LogP contribution < -0.4 is 19.1 Å². The van der Waals surface area contributed by atoms with Crippen molar-refractivity contribution in [2.75, 3.05) is 25.1 Å². The molecule has 0 heterocycles.